The van der Waals surface area contributed by atoms with Crippen LogP contribution in [-0.2, 0) is 11.3 Å². The maximum atomic E-state index is 13.7. The minimum atomic E-state index is -0.575. The summed E-state index contributed by atoms with van der Waals surface area (Å²) >= 11 is 0. The van der Waals surface area contributed by atoms with Gasteiger partial charge < -0.3 is 10.0 Å². The molecule has 1 N–H and O–H groups in total. The molecule has 2 aliphatic rings. The third-order valence-corrected chi connectivity index (χ3v) is 5.77. The first-order chi connectivity index (χ1) is 12.1. The highest BCUT2D eigenvalue weighted by Gasteiger charge is 2.38. The van der Waals surface area contributed by atoms with E-state index in [0.717, 1.165) is 58.0 Å². The molecule has 1 aliphatic heterocycles. The average Bonchev–Trinajstić information content (AvgIpc) is 3.08. The topological polar surface area (TPSA) is 43.8 Å². The summed E-state index contributed by atoms with van der Waals surface area (Å²) in [6.07, 6.45) is 7.40. The van der Waals surface area contributed by atoms with E-state index in [1.807, 2.05) is 11.9 Å². The fraction of sp³-hybridized carbons (Fsp3) is 0.650. The van der Waals surface area contributed by atoms with Crippen molar-refractivity contribution in [2.45, 2.75) is 57.5 Å². The van der Waals surface area contributed by atoms with Gasteiger partial charge in [-0.2, -0.15) is 0 Å². The van der Waals surface area contributed by atoms with Gasteiger partial charge in [0.15, 0.2) is 11.6 Å². The molecule has 1 saturated heterocycles. The van der Waals surface area contributed by atoms with Gasteiger partial charge in [-0.25, -0.2) is 4.39 Å². The van der Waals surface area contributed by atoms with Crippen molar-refractivity contribution < 1.29 is 14.3 Å². The molecular weight excluding hydrogens is 319 g/mol. The molecule has 4 nitrogen and oxygen atoms in total. The smallest absolute Gasteiger partial charge is 0.227 e. The van der Waals surface area contributed by atoms with E-state index in [4.69, 9.17) is 0 Å². The Kier molecular flexibility index (Phi) is 5.94. The summed E-state index contributed by atoms with van der Waals surface area (Å²) in [5.41, 5.74) is 0.612. The van der Waals surface area contributed by atoms with Crippen LogP contribution in [0.15, 0.2) is 18.2 Å². The van der Waals surface area contributed by atoms with Gasteiger partial charge in [-0.1, -0.05) is 31.4 Å². The molecule has 1 heterocycles. The van der Waals surface area contributed by atoms with E-state index < -0.39 is 5.82 Å². The minimum Gasteiger partial charge on any atom is -0.505 e. The lowest BCUT2D eigenvalue weighted by atomic mass is 9.99. The van der Waals surface area contributed by atoms with Gasteiger partial charge in [0.1, 0.15) is 0 Å². The summed E-state index contributed by atoms with van der Waals surface area (Å²) in [6.45, 7) is 2.24. The van der Waals surface area contributed by atoms with Crippen molar-refractivity contribution in [1.29, 1.82) is 0 Å². The van der Waals surface area contributed by atoms with Gasteiger partial charge in [-0.15, -0.1) is 0 Å². The van der Waals surface area contributed by atoms with Crippen LogP contribution in [0.5, 0.6) is 5.75 Å². The second-order valence-electron chi connectivity index (χ2n) is 7.50. The fourth-order valence-corrected chi connectivity index (χ4v) is 4.34. The standard InChI is InChI=1S/C20H29FN2O2/c1-22-12-4-2-3-5-13-23(18-11-7-9-16(18)20(22)25)14-15-8-6-10-17(21)19(15)24/h6,8,10,16,18,24H,2-5,7,9,11-14H2,1H3/t16-,18+/m1/s1. The number of para-hydroxylation sites is 1. The Hall–Kier alpha value is -1.62. The lowest BCUT2D eigenvalue weighted by Gasteiger charge is -2.34. The third-order valence-electron chi connectivity index (χ3n) is 5.77. The number of phenolic OH excluding ortho intramolecular Hbond substituents is 1. The van der Waals surface area contributed by atoms with E-state index >= 15 is 0 Å². The van der Waals surface area contributed by atoms with Gasteiger partial charge in [0.25, 0.3) is 0 Å². The minimum absolute atomic E-state index is 0.0267. The van der Waals surface area contributed by atoms with Crippen LogP contribution in [0.25, 0.3) is 0 Å². The number of hydrogen-bond donors (Lipinski definition) is 1. The van der Waals surface area contributed by atoms with Crippen molar-refractivity contribution in [1.82, 2.24) is 9.80 Å². The molecule has 3 rings (SSSR count). The highest BCUT2D eigenvalue weighted by molar-refractivity contribution is 5.79. The monoisotopic (exact) mass is 348 g/mol. The highest BCUT2D eigenvalue weighted by atomic mass is 19.1. The number of aromatic hydroxyl groups is 1. The number of carbonyl (C=O) groups excluding carboxylic acids is 1. The van der Waals surface area contributed by atoms with Crippen LogP contribution in [-0.4, -0.2) is 47.0 Å². The number of hydrogen-bond acceptors (Lipinski definition) is 3. The van der Waals surface area contributed by atoms with Crippen LogP contribution in [0.4, 0.5) is 4.39 Å². The van der Waals surface area contributed by atoms with Gasteiger partial charge in [0.2, 0.25) is 5.91 Å². The van der Waals surface area contributed by atoms with Crippen molar-refractivity contribution >= 4 is 5.91 Å². The molecule has 1 saturated carbocycles. The first-order valence-electron chi connectivity index (χ1n) is 9.53. The van der Waals surface area contributed by atoms with Crippen LogP contribution in [0, 0.1) is 11.7 Å². The molecule has 0 radical (unpaired) electrons. The number of fused-ring (bicyclic) bond motifs is 1. The predicted molar refractivity (Wildman–Crippen MR) is 95.7 cm³/mol. The van der Waals surface area contributed by atoms with E-state index in [1.54, 1.807) is 12.1 Å². The molecule has 2 fully saturated rings. The quantitative estimate of drug-likeness (QED) is 0.889. The first-order valence-corrected chi connectivity index (χ1v) is 9.53. The molecule has 1 amide bonds. The van der Waals surface area contributed by atoms with Crippen molar-refractivity contribution in [2.75, 3.05) is 20.1 Å². The zero-order valence-corrected chi connectivity index (χ0v) is 15.1. The van der Waals surface area contributed by atoms with Gasteiger partial charge >= 0.3 is 0 Å². The van der Waals surface area contributed by atoms with Crippen LogP contribution in [0.1, 0.15) is 50.5 Å². The normalized spacial score (nSPS) is 26.3. The molecule has 0 aromatic heterocycles. The Morgan fingerprint density at radius 1 is 1.12 bits per heavy atom. The van der Waals surface area contributed by atoms with E-state index in [2.05, 4.69) is 4.90 Å². The largest absolute Gasteiger partial charge is 0.505 e. The molecule has 5 heteroatoms. The van der Waals surface area contributed by atoms with Crippen molar-refractivity contribution in [2.24, 2.45) is 5.92 Å². The number of nitrogens with zero attached hydrogens (tertiary/aromatic N) is 2. The number of benzene rings is 1. The predicted octanol–water partition coefficient (Wildman–Crippen LogP) is 3.53. The summed E-state index contributed by atoms with van der Waals surface area (Å²) < 4.78 is 13.7. The first kappa shape index (κ1) is 18.2. The average molecular weight is 348 g/mol. The van der Waals surface area contributed by atoms with E-state index in [1.165, 1.54) is 6.07 Å². The second-order valence-corrected chi connectivity index (χ2v) is 7.50. The maximum Gasteiger partial charge on any atom is 0.227 e. The van der Waals surface area contributed by atoms with Gasteiger partial charge in [0.05, 0.1) is 5.92 Å². The summed E-state index contributed by atoms with van der Waals surface area (Å²) in [6, 6.07) is 4.89. The lowest BCUT2D eigenvalue weighted by molar-refractivity contribution is -0.136. The van der Waals surface area contributed by atoms with Gasteiger partial charge in [-0.05, 0) is 38.3 Å². The molecule has 0 bridgehead atoms. The van der Waals surface area contributed by atoms with Crippen molar-refractivity contribution in [3.8, 4) is 5.75 Å². The summed E-state index contributed by atoms with van der Waals surface area (Å²) in [5, 5.41) is 10.1. The van der Waals surface area contributed by atoms with Gasteiger partial charge in [-0.3, -0.25) is 9.69 Å². The molecular formula is C20H29FN2O2. The number of halogens is 1. The van der Waals surface area contributed by atoms with Crippen LogP contribution in [0.3, 0.4) is 0 Å². The number of amides is 1. The Morgan fingerprint density at radius 3 is 2.68 bits per heavy atom. The Morgan fingerprint density at radius 2 is 1.88 bits per heavy atom. The maximum absolute atomic E-state index is 13.7. The van der Waals surface area contributed by atoms with Crippen LogP contribution < -0.4 is 0 Å². The van der Waals surface area contributed by atoms with Gasteiger partial charge in [0, 0.05) is 31.7 Å². The zero-order valence-electron chi connectivity index (χ0n) is 15.1. The number of carbonyl (C=O) groups is 1. The molecule has 25 heavy (non-hydrogen) atoms. The molecule has 0 spiro atoms. The SMILES string of the molecule is CN1CCCCCCN(Cc2cccc(F)c2O)[C@H]2CCC[C@H]2C1=O. The lowest BCUT2D eigenvalue weighted by Crippen LogP contribution is -2.44. The molecule has 1 aromatic carbocycles. The molecule has 2 atom stereocenters. The van der Waals surface area contributed by atoms with E-state index in [9.17, 15) is 14.3 Å². The van der Waals surface area contributed by atoms with Crippen molar-refractivity contribution in [3.63, 3.8) is 0 Å². The summed E-state index contributed by atoms with van der Waals surface area (Å²) in [4.78, 5) is 17.1. The summed E-state index contributed by atoms with van der Waals surface area (Å²) in [7, 11) is 1.92. The van der Waals surface area contributed by atoms with E-state index in [-0.39, 0.29) is 23.6 Å². The number of rotatable bonds is 2. The molecule has 1 aromatic rings. The fourth-order valence-electron chi connectivity index (χ4n) is 4.34. The van der Waals surface area contributed by atoms with Crippen LogP contribution in [0.2, 0.25) is 0 Å². The molecule has 0 unspecified atom stereocenters. The van der Waals surface area contributed by atoms with Crippen LogP contribution >= 0.6 is 0 Å². The Balaban J connectivity index is 1.83. The number of phenols is 1. The van der Waals surface area contributed by atoms with E-state index in [0.29, 0.717) is 12.1 Å². The highest BCUT2D eigenvalue weighted by Crippen LogP contribution is 2.34. The summed E-state index contributed by atoms with van der Waals surface area (Å²) in [5.74, 6) is -0.555. The third kappa shape index (κ3) is 4.14. The van der Waals surface area contributed by atoms with Crippen molar-refractivity contribution in [3.05, 3.63) is 29.6 Å². The zero-order chi connectivity index (χ0) is 17.8. The Labute approximate surface area is 149 Å². The second kappa shape index (κ2) is 8.17. The molecule has 1 aliphatic carbocycles. The molecule has 138 valence electrons. The Bertz CT molecular complexity index is 607.